The van der Waals surface area contributed by atoms with Gasteiger partial charge in [-0.15, -0.1) is 0 Å². The summed E-state index contributed by atoms with van der Waals surface area (Å²) in [6.45, 7) is 9.02. The third kappa shape index (κ3) is 3.76. The van der Waals surface area contributed by atoms with Crippen LogP contribution >= 0.6 is 0 Å². The molecule has 0 saturated heterocycles. The molecule has 0 aromatic heterocycles. The maximum atomic E-state index is 5.88. The smallest absolute Gasteiger partial charge is 0.0135 e. The Bertz CT molecular complexity index is 179. The quantitative estimate of drug-likeness (QED) is 0.775. The Morgan fingerprint density at radius 3 is 2.53 bits per heavy atom. The highest BCUT2D eigenvalue weighted by Gasteiger charge is 2.30. The fourth-order valence-electron chi connectivity index (χ4n) is 2.94. The lowest BCUT2D eigenvalue weighted by atomic mass is 9.78. The number of nitrogens with two attached hydrogens (primary N) is 1. The first kappa shape index (κ1) is 13.0. The van der Waals surface area contributed by atoms with Crippen molar-refractivity contribution in [2.75, 3.05) is 20.1 Å². The minimum absolute atomic E-state index is 0.723. The van der Waals surface area contributed by atoms with Gasteiger partial charge in [-0.1, -0.05) is 27.2 Å². The largest absolute Gasteiger partial charge is 0.330 e. The van der Waals surface area contributed by atoms with Gasteiger partial charge in [0.15, 0.2) is 0 Å². The third-order valence-electron chi connectivity index (χ3n) is 3.74. The first-order valence-electron chi connectivity index (χ1n) is 6.44. The number of rotatable bonds is 4. The van der Waals surface area contributed by atoms with Crippen LogP contribution in [0.4, 0.5) is 0 Å². The first-order valence-corrected chi connectivity index (χ1v) is 6.44. The maximum absolute atomic E-state index is 5.88. The van der Waals surface area contributed by atoms with E-state index in [0.29, 0.717) is 0 Å². The van der Waals surface area contributed by atoms with Crippen LogP contribution < -0.4 is 5.73 Å². The summed E-state index contributed by atoms with van der Waals surface area (Å²) in [6, 6.07) is 0.723. The Morgan fingerprint density at radius 2 is 2.00 bits per heavy atom. The van der Waals surface area contributed by atoms with Gasteiger partial charge < -0.3 is 10.6 Å². The Kier molecular flexibility index (Phi) is 5.07. The minimum Gasteiger partial charge on any atom is -0.330 e. The zero-order valence-corrected chi connectivity index (χ0v) is 10.9. The van der Waals surface area contributed by atoms with Gasteiger partial charge in [0.1, 0.15) is 0 Å². The van der Waals surface area contributed by atoms with E-state index in [-0.39, 0.29) is 0 Å². The molecular weight excluding hydrogens is 184 g/mol. The van der Waals surface area contributed by atoms with Gasteiger partial charge in [-0.05, 0) is 44.2 Å². The Labute approximate surface area is 95.2 Å². The molecule has 0 spiro atoms. The van der Waals surface area contributed by atoms with E-state index in [0.717, 1.165) is 30.3 Å². The van der Waals surface area contributed by atoms with E-state index >= 15 is 0 Å². The maximum Gasteiger partial charge on any atom is 0.0135 e. The second kappa shape index (κ2) is 5.86. The Balaban J connectivity index is 2.53. The van der Waals surface area contributed by atoms with Crippen LogP contribution in [-0.2, 0) is 0 Å². The molecule has 0 radical (unpaired) electrons. The Morgan fingerprint density at radius 1 is 1.33 bits per heavy atom. The summed E-state index contributed by atoms with van der Waals surface area (Å²) >= 11 is 0. The molecule has 90 valence electrons. The van der Waals surface area contributed by atoms with Crippen molar-refractivity contribution in [3.8, 4) is 0 Å². The van der Waals surface area contributed by atoms with Crippen molar-refractivity contribution in [1.29, 1.82) is 0 Å². The normalized spacial score (nSPS) is 32.6. The van der Waals surface area contributed by atoms with Gasteiger partial charge >= 0.3 is 0 Å². The van der Waals surface area contributed by atoms with Crippen molar-refractivity contribution in [2.24, 2.45) is 23.5 Å². The van der Waals surface area contributed by atoms with Crippen molar-refractivity contribution in [3.05, 3.63) is 0 Å². The molecule has 0 aromatic rings. The average Bonchev–Trinajstić information content (AvgIpc) is 2.16. The van der Waals surface area contributed by atoms with Gasteiger partial charge in [0.25, 0.3) is 0 Å². The van der Waals surface area contributed by atoms with Gasteiger partial charge in [-0.3, -0.25) is 0 Å². The van der Waals surface area contributed by atoms with Gasteiger partial charge in [-0.25, -0.2) is 0 Å². The molecule has 1 aliphatic rings. The number of hydrogen-bond donors (Lipinski definition) is 1. The van der Waals surface area contributed by atoms with E-state index in [4.69, 9.17) is 5.73 Å². The zero-order chi connectivity index (χ0) is 11.4. The highest BCUT2D eigenvalue weighted by atomic mass is 15.1. The van der Waals surface area contributed by atoms with Crippen LogP contribution in [0.2, 0.25) is 0 Å². The number of nitrogens with zero attached hydrogens (tertiary/aromatic N) is 1. The molecule has 0 aliphatic heterocycles. The molecule has 3 atom stereocenters. The zero-order valence-electron chi connectivity index (χ0n) is 10.9. The second-order valence-electron chi connectivity index (χ2n) is 5.81. The molecule has 1 fully saturated rings. The molecular formula is C13H28N2. The van der Waals surface area contributed by atoms with Crippen molar-refractivity contribution < 1.29 is 0 Å². The summed E-state index contributed by atoms with van der Waals surface area (Å²) in [6.07, 6.45) is 4.03. The molecule has 0 aromatic carbocycles. The topological polar surface area (TPSA) is 29.3 Å². The van der Waals surface area contributed by atoms with E-state index in [1.165, 1.54) is 25.8 Å². The van der Waals surface area contributed by atoms with E-state index in [2.05, 4.69) is 32.7 Å². The SMILES string of the molecule is CC(C)CN(C)C1CC(C)CCC1CN. The summed E-state index contributed by atoms with van der Waals surface area (Å²) in [5.74, 6) is 2.36. The molecule has 15 heavy (non-hydrogen) atoms. The first-order chi connectivity index (χ1) is 7.04. The van der Waals surface area contributed by atoms with E-state index in [1.807, 2.05) is 0 Å². The average molecular weight is 212 g/mol. The van der Waals surface area contributed by atoms with Gasteiger partial charge in [0, 0.05) is 12.6 Å². The fraction of sp³-hybridized carbons (Fsp3) is 1.00. The highest BCUT2D eigenvalue weighted by Crippen LogP contribution is 2.31. The summed E-state index contributed by atoms with van der Waals surface area (Å²) < 4.78 is 0. The summed E-state index contributed by atoms with van der Waals surface area (Å²) in [5, 5.41) is 0. The molecule has 0 bridgehead atoms. The van der Waals surface area contributed by atoms with Crippen molar-refractivity contribution >= 4 is 0 Å². The molecule has 2 heteroatoms. The lowest BCUT2D eigenvalue weighted by Gasteiger charge is -2.40. The van der Waals surface area contributed by atoms with Crippen LogP contribution in [0.15, 0.2) is 0 Å². The molecule has 3 unspecified atom stereocenters. The molecule has 2 N–H and O–H groups in total. The predicted molar refractivity (Wildman–Crippen MR) is 66.8 cm³/mol. The van der Waals surface area contributed by atoms with Gasteiger partial charge in [-0.2, -0.15) is 0 Å². The summed E-state index contributed by atoms with van der Waals surface area (Å²) in [7, 11) is 2.27. The molecule has 0 amide bonds. The fourth-order valence-corrected chi connectivity index (χ4v) is 2.94. The van der Waals surface area contributed by atoms with Crippen LogP contribution in [0.3, 0.4) is 0 Å². The van der Waals surface area contributed by atoms with Crippen LogP contribution in [0.25, 0.3) is 0 Å². The lowest BCUT2D eigenvalue weighted by molar-refractivity contribution is 0.0988. The summed E-state index contributed by atoms with van der Waals surface area (Å²) in [4.78, 5) is 2.54. The van der Waals surface area contributed by atoms with Crippen LogP contribution in [0.5, 0.6) is 0 Å². The third-order valence-corrected chi connectivity index (χ3v) is 3.74. The van der Waals surface area contributed by atoms with E-state index in [1.54, 1.807) is 0 Å². The van der Waals surface area contributed by atoms with E-state index < -0.39 is 0 Å². The van der Waals surface area contributed by atoms with E-state index in [9.17, 15) is 0 Å². The van der Waals surface area contributed by atoms with Crippen molar-refractivity contribution in [1.82, 2.24) is 4.90 Å². The van der Waals surface area contributed by atoms with Crippen LogP contribution in [0, 0.1) is 17.8 Å². The predicted octanol–water partition coefficient (Wildman–Crippen LogP) is 2.34. The molecule has 0 heterocycles. The summed E-state index contributed by atoms with van der Waals surface area (Å²) in [5.41, 5.74) is 5.88. The molecule has 2 nitrogen and oxygen atoms in total. The monoisotopic (exact) mass is 212 g/mol. The number of hydrogen-bond acceptors (Lipinski definition) is 2. The van der Waals surface area contributed by atoms with Gasteiger partial charge in [0.05, 0.1) is 0 Å². The standard InChI is InChI=1S/C13H28N2/c1-10(2)9-15(4)13-7-11(3)5-6-12(13)8-14/h10-13H,5-9,14H2,1-4H3. The second-order valence-corrected chi connectivity index (χ2v) is 5.81. The van der Waals surface area contributed by atoms with Crippen LogP contribution in [-0.4, -0.2) is 31.1 Å². The molecule has 1 aliphatic carbocycles. The molecule has 1 saturated carbocycles. The van der Waals surface area contributed by atoms with Crippen molar-refractivity contribution in [2.45, 2.75) is 46.1 Å². The lowest BCUT2D eigenvalue weighted by Crippen LogP contribution is -2.45. The van der Waals surface area contributed by atoms with Crippen LogP contribution in [0.1, 0.15) is 40.0 Å². The highest BCUT2D eigenvalue weighted by molar-refractivity contribution is 4.85. The molecule has 1 rings (SSSR count). The van der Waals surface area contributed by atoms with Gasteiger partial charge in [0.2, 0.25) is 0 Å². The minimum atomic E-state index is 0.723. The Hall–Kier alpha value is -0.0800. The van der Waals surface area contributed by atoms with Crippen molar-refractivity contribution in [3.63, 3.8) is 0 Å².